The summed E-state index contributed by atoms with van der Waals surface area (Å²) in [4.78, 5) is 38.4. The number of nitrogens with zero attached hydrogens (tertiary/aromatic N) is 4. The molecule has 0 saturated carbocycles. The first-order valence-electron chi connectivity index (χ1n) is 10.2. The fraction of sp³-hybridized carbons (Fsp3) is 0.217. The molecule has 4 rings (SSSR count). The Kier molecular flexibility index (Phi) is 8.05. The summed E-state index contributed by atoms with van der Waals surface area (Å²) in [6.45, 7) is 0. The number of amides is 1. The van der Waals surface area contributed by atoms with Gasteiger partial charge in [0.05, 0.1) is 6.33 Å². The maximum absolute atomic E-state index is 12.5. The molecule has 0 aliphatic heterocycles. The van der Waals surface area contributed by atoms with Crippen LogP contribution < -0.4 is 16.7 Å². The largest absolute Gasteiger partial charge is 0.615 e. The zero-order chi connectivity index (χ0) is 24.8. The lowest BCUT2D eigenvalue weighted by molar-refractivity contribution is -0.126. The van der Waals surface area contributed by atoms with E-state index in [-0.39, 0.29) is 17.0 Å². The lowest BCUT2D eigenvalue weighted by Gasteiger charge is -2.21. The normalized spacial score (nSPS) is 11.7. The average Bonchev–Trinajstić information content (AvgIpc) is 3.24. The van der Waals surface area contributed by atoms with E-state index in [1.807, 2.05) is 60.7 Å². The smallest absolute Gasteiger partial charge is 0.332 e. The second-order valence-electron chi connectivity index (χ2n) is 7.49. The third-order valence-electron chi connectivity index (χ3n) is 5.18. The second-order valence-corrected chi connectivity index (χ2v) is 9.02. The van der Waals surface area contributed by atoms with E-state index in [2.05, 4.69) is 4.98 Å². The van der Waals surface area contributed by atoms with Crippen molar-refractivity contribution in [3.63, 3.8) is 0 Å². The highest BCUT2D eigenvalue weighted by atomic mass is 32.2. The fourth-order valence-corrected chi connectivity index (χ4v) is 4.88. The Balaban J connectivity index is 0.000000202. The van der Waals surface area contributed by atoms with Crippen LogP contribution in [0.15, 0.2) is 76.6 Å². The number of carbonyl (C=O) groups is 1. The number of imidazole rings is 1. The molecule has 2 aromatic heterocycles. The molecule has 4 aromatic rings. The summed E-state index contributed by atoms with van der Waals surface area (Å²) < 4.78 is 16.5. The number of hydrogen-bond acceptors (Lipinski definition) is 6. The predicted molar refractivity (Wildman–Crippen MR) is 129 cm³/mol. The molecule has 0 aliphatic rings. The van der Waals surface area contributed by atoms with E-state index in [0.717, 1.165) is 15.7 Å². The van der Waals surface area contributed by atoms with Crippen LogP contribution in [0.1, 0.15) is 16.4 Å². The number of nitrogens with one attached hydrogen (secondary N) is 1. The minimum atomic E-state index is -1.46. The summed E-state index contributed by atoms with van der Waals surface area (Å²) in [7, 11) is 4.77. The molecule has 0 saturated heterocycles. The summed E-state index contributed by atoms with van der Waals surface area (Å²) in [6, 6.07) is 18.8. The van der Waals surface area contributed by atoms with E-state index in [1.54, 1.807) is 18.7 Å². The number of aromatic nitrogens is 4. The predicted octanol–water partition coefficient (Wildman–Crippen LogP) is 1.00. The van der Waals surface area contributed by atoms with E-state index < -0.39 is 22.3 Å². The number of aryl methyl sites for hydroxylation is 2. The summed E-state index contributed by atoms with van der Waals surface area (Å²) in [6.07, 6.45) is 1.52. The third kappa shape index (κ3) is 5.28. The first kappa shape index (κ1) is 25.0. The Labute approximate surface area is 198 Å². The Morgan fingerprint density at radius 1 is 1.00 bits per heavy atom. The topological polar surface area (TPSA) is 134 Å². The van der Waals surface area contributed by atoms with Crippen molar-refractivity contribution in [2.24, 2.45) is 21.1 Å². The molecule has 2 N–H and O–H groups in total. The van der Waals surface area contributed by atoms with Gasteiger partial charge in [-0.15, -0.1) is 0 Å². The van der Waals surface area contributed by atoms with Crippen LogP contribution in [0, 0.1) is 0 Å². The number of rotatable bonds is 5. The quantitative estimate of drug-likeness (QED) is 0.247. The Morgan fingerprint density at radius 3 is 2.03 bits per heavy atom. The molecular weight excluding hydrogens is 458 g/mol. The molecule has 0 bridgehead atoms. The van der Waals surface area contributed by atoms with Gasteiger partial charge in [-0.05, 0) is 11.2 Å². The highest BCUT2D eigenvalue weighted by Gasteiger charge is 2.28. The molecule has 2 heterocycles. The number of hydrogen-bond donors (Lipinski definition) is 2. The van der Waals surface area contributed by atoms with Crippen molar-refractivity contribution in [2.75, 3.05) is 5.75 Å². The number of carbonyl (C=O) groups excluding carboxylic acids is 1. The molecule has 0 spiro atoms. The van der Waals surface area contributed by atoms with Crippen LogP contribution in [0.4, 0.5) is 0 Å². The van der Waals surface area contributed by atoms with Crippen LogP contribution >= 0.6 is 0 Å². The standard InChI is InChI=1S/C15H15NO3S.C8H10N4O2/c17-14(16-18)11-20(19)15(12-7-3-1-4-8-12)13-9-5-2-6-10-13;1-10-4-9-6-5(10)7(13)12(3)8(14)11(6)2/h1-10,15,18H,11H2,(H,16,17);4H,1-3H3. The van der Waals surface area contributed by atoms with Gasteiger partial charge in [-0.1, -0.05) is 60.7 Å². The maximum Gasteiger partial charge on any atom is 0.332 e. The van der Waals surface area contributed by atoms with Crippen LogP contribution in [0.25, 0.3) is 11.2 Å². The van der Waals surface area contributed by atoms with Crippen molar-refractivity contribution < 1.29 is 14.6 Å². The van der Waals surface area contributed by atoms with E-state index in [4.69, 9.17) is 5.21 Å². The molecule has 2 aromatic carbocycles. The summed E-state index contributed by atoms with van der Waals surface area (Å²) in [5.74, 6) is -0.898. The van der Waals surface area contributed by atoms with Crippen LogP contribution in [-0.4, -0.2) is 40.1 Å². The average molecular weight is 484 g/mol. The number of benzene rings is 2. The monoisotopic (exact) mass is 483 g/mol. The fourth-order valence-electron chi connectivity index (χ4n) is 3.47. The molecule has 0 fully saturated rings. The van der Waals surface area contributed by atoms with Gasteiger partial charge < -0.3 is 9.12 Å². The molecule has 0 radical (unpaired) electrons. The molecule has 1 amide bonds. The van der Waals surface area contributed by atoms with Gasteiger partial charge in [0.2, 0.25) is 0 Å². The van der Waals surface area contributed by atoms with Gasteiger partial charge in [0.25, 0.3) is 11.5 Å². The van der Waals surface area contributed by atoms with Gasteiger partial charge in [-0.3, -0.25) is 23.9 Å². The van der Waals surface area contributed by atoms with Gasteiger partial charge in [-0.2, -0.15) is 0 Å². The van der Waals surface area contributed by atoms with Gasteiger partial charge in [-0.25, -0.2) is 15.3 Å². The highest BCUT2D eigenvalue weighted by molar-refractivity contribution is 7.92. The first-order chi connectivity index (χ1) is 16.3. The third-order valence-corrected chi connectivity index (χ3v) is 6.80. The SMILES string of the molecule is Cn1c(=O)c2c(ncn2C)n(C)c1=O.O=C(C[S+]([O-])C(c1ccccc1)c1ccccc1)NO. The molecule has 1 unspecified atom stereocenters. The zero-order valence-corrected chi connectivity index (χ0v) is 19.7. The van der Waals surface area contributed by atoms with Gasteiger partial charge in [0, 0.05) is 32.3 Å². The molecular formula is C23H25N5O5S. The van der Waals surface area contributed by atoms with Crippen molar-refractivity contribution in [1.29, 1.82) is 0 Å². The van der Waals surface area contributed by atoms with Gasteiger partial charge in [0.15, 0.2) is 22.2 Å². The molecule has 11 heteroatoms. The lowest BCUT2D eigenvalue weighted by atomic mass is 10.0. The molecule has 34 heavy (non-hydrogen) atoms. The summed E-state index contributed by atoms with van der Waals surface area (Å²) in [5, 5.41) is 8.18. The van der Waals surface area contributed by atoms with E-state index >= 15 is 0 Å². The van der Waals surface area contributed by atoms with Crippen molar-refractivity contribution in [1.82, 2.24) is 24.2 Å². The minimum Gasteiger partial charge on any atom is -0.615 e. The van der Waals surface area contributed by atoms with Crippen molar-refractivity contribution in [3.8, 4) is 0 Å². The number of hydroxylamine groups is 1. The van der Waals surface area contributed by atoms with Crippen molar-refractivity contribution in [3.05, 3.63) is 99.0 Å². The molecule has 0 aliphatic carbocycles. The maximum atomic E-state index is 12.5. The van der Waals surface area contributed by atoms with Crippen LogP contribution in [0.2, 0.25) is 0 Å². The minimum absolute atomic E-state index is 0.245. The second kappa shape index (κ2) is 11.0. The molecule has 10 nitrogen and oxygen atoms in total. The lowest BCUT2D eigenvalue weighted by Crippen LogP contribution is -2.37. The first-order valence-corrected chi connectivity index (χ1v) is 11.6. The number of fused-ring (bicyclic) bond motifs is 1. The van der Waals surface area contributed by atoms with Crippen molar-refractivity contribution >= 4 is 28.2 Å². The Hall–Kier alpha value is -3.67. The highest BCUT2D eigenvalue weighted by Crippen LogP contribution is 2.30. The summed E-state index contributed by atoms with van der Waals surface area (Å²) >= 11 is -1.46. The van der Waals surface area contributed by atoms with E-state index in [1.165, 1.54) is 23.4 Å². The van der Waals surface area contributed by atoms with E-state index in [9.17, 15) is 18.9 Å². The molecule has 178 valence electrons. The van der Waals surface area contributed by atoms with Crippen LogP contribution in [-0.2, 0) is 37.1 Å². The zero-order valence-electron chi connectivity index (χ0n) is 18.9. The van der Waals surface area contributed by atoms with Crippen LogP contribution in [0.3, 0.4) is 0 Å². The van der Waals surface area contributed by atoms with Crippen molar-refractivity contribution in [2.45, 2.75) is 5.25 Å². The van der Waals surface area contributed by atoms with Gasteiger partial charge >= 0.3 is 5.69 Å². The summed E-state index contributed by atoms with van der Waals surface area (Å²) in [5.41, 5.74) is 3.46. The molecule has 1 atom stereocenters. The van der Waals surface area contributed by atoms with E-state index in [0.29, 0.717) is 11.2 Å². The van der Waals surface area contributed by atoms with Gasteiger partial charge in [0.1, 0.15) is 0 Å². The van der Waals surface area contributed by atoms with Crippen LogP contribution in [0.5, 0.6) is 0 Å². The Bertz CT molecular complexity index is 1340. The Morgan fingerprint density at radius 2 is 1.53 bits per heavy atom.